The Morgan fingerprint density at radius 3 is 1.14 bits per heavy atom. The van der Waals surface area contributed by atoms with Crippen molar-refractivity contribution in [2.24, 2.45) is 0 Å². The Kier molecular flexibility index (Phi) is 39.9. The van der Waals surface area contributed by atoms with Crippen molar-refractivity contribution in [1.82, 2.24) is 0 Å². The molecule has 0 aliphatic rings. The molecule has 0 aromatic heterocycles. The highest BCUT2D eigenvalue weighted by Crippen LogP contribution is 2.16. The van der Waals surface area contributed by atoms with Gasteiger partial charge in [-0.15, -0.1) is 0 Å². The Hall–Kier alpha value is -1.36. The standard InChI is InChI=1S/C44H84O5/c1-3-5-7-9-11-13-15-17-18-19-20-21-22-23-24-25-26-27-29-30-32-34-36-38-43(46)48-41-42(40-45)49-44(47)39-37-35-33-31-28-16-14-12-10-8-6-4-2/h12,14,42,45H,3-11,13,15-41H2,1-2H3/b14-12-. The molecule has 290 valence electrons. The van der Waals surface area contributed by atoms with E-state index < -0.39 is 6.10 Å². The number of hydrogen-bond donors (Lipinski definition) is 1. The molecule has 1 N–H and O–H groups in total. The monoisotopic (exact) mass is 693 g/mol. The van der Waals surface area contributed by atoms with Crippen LogP contribution in [0.3, 0.4) is 0 Å². The molecule has 1 unspecified atom stereocenters. The molecule has 0 saturated carbocycles. The molecule has 49 heavy (non-hydrogen) atoms. The van der Waals surface area contributed by atoms with Crippen molar-refractivity contribution >= 4 is 11.9 Å². The molecule has 5 heteroatoms. The molecule has 0 spiro atoms. The summed E-state index contributed by atoms with van der Waals surface area (Å²) in [6.45, 7) is 4.13. The SMILES string of the molecule is CCCCC/C=C\CCCCCCCC(=O)OC(CO)COC(=O)CCCCCCCCCCCCCCCCCCCCCCCCC. The average Bonchev–Trinajstić information content (AvgIpc) is 3.10. The lowest BCUT2D eigenvalue weighted by Crippen LogP contribution is -2.28. The molecule has 0 bridgehead atoms. The smallest absolute Gasteiger partial charge is 0.306 e. The zero-order valence-electron chi connectivity index (χ0n) is 33.0. The third kappa shape index (κ3) is 39.3. The Bertz CT molecular complexity index is 705. The Morgan fingerprint density at radius 1 is 0.449 bits per heavy atom. The van der Waals surface area contributed by atoms with Crippen LogP contribution in [0.4, 0.5) is 0 Å². The van der Waals surface area contributed by atoms with Crippen LogP contribution in [0.25, 0.3) is 0 Å². The lowest BCUT2D eigenvalue weighted by Gasteiger charge is -2.15. The van der Waals surface area contributed by atoms with Crippen LogP contribution in [0.1, 0.15) is 239 Å². The van der Waals surface area contributed by atoms with E-state index in [9.17, 15) is 14.7 Å². The van der Waals surface area contributed by atoms with Gasteiger partial charge in [-0.05, 0) is 38.5 Å². The number of allylic oxidation sites excluding steroid dienone is 2. The largest absolute Gasteiger partial charge is 0.462 e. The maximum absolute atomic E-state index is 12.1. The van der Waals surface area contributed by atoms with Crippen molar-refractivity contribution in [3.63, 3.8) is 0 Å². The average molecular weight is 693 g/mol. The summed E-state index contributed by atoms with van der Waals surface area (Å²) in [5, 5.41) is 9.55. The van der Waals surface area contributed by atoms with Gasteiger partial charge in [0.25, 0.3) is 0 Å². The molecular formula is C44H84O5. The van der Waals surface area contributed by atoms with Crippen LogP contribution in [-0.4, -0.2) is 36.4 Å². The molecule has 0 heterocycles. The second kappa shape index (κ2) is 41.1. The zero-order chi connectivity index (χ0) is 35.7. The van der Waals surface area contributed by atoms with Crippen LogP contribution in [0.5, 0.6) is 0 Å². The summed E-state index contributed by atoms with van der Waals surface area (Å²) in [4.78, 5) is 24.3. The van der Waals surface area contributed by atoms with Crippen LogP contribution in [-0.2, 0) is 19.1 Å². The molecule has 0 rings (SSSR count). The van der Waals surface area contributed by atoms with E-state index in [1.54, 1.807) is 0 Å². The minimum absolute atomic E-state index is 0.0631. The first kappa shape index (κ1) is 47.6. The van der Waals surface area contributed by atoms with Gasteiger partial charge >= 0.3 is 11.9 Å². The highest BCUT2D eigenvalue weighted by Gasteiger charge is 2.16. The van der Waals surface area contributed by atoms with E-state index in [0.717, 1.165) is 38.5 Å². The number of aliphatic hydroxyl groups is 1. The zero-order valence-corrected chi connectivity index (χ0v) is 33.0. The first-order valence-electron chi connectivity index (χ1n) is 21.7. The fraction of sp³-hybridized carbons (Fsp3) is 0.909. The summed E-state index contributed by atoms with van der Waals surface area (Å²) >= 11 is 0. The number of rotatable bonds is 40. The molecule has 0 saturated heterocycles. The van der Waals surface area contributed by atoms with Crippen molar-refractivity contribution in [1.29, 1.82) is 0 Å². The molecule has 0 fully saturated rings. The van der Waals surface area contributed by atoms with E-state index in [0.29, 0.717) is 12.8 Å². The number of ether oxygens (including phenoxy) is 2. The third-order valence-electron chi connectivity index (χ3n) is 9.81. The van der Waals surface area contributed by atoms with E-state index in [-0.39, 0.29) is 25.2 Å². The minimum atomic E-state index is -0.769. The van der Waals surface area contributed by atoms with Gasteiger partial charge in [0.1, 0.15) is 6.61 Å². The summed E-state index contributed by atoms with van der Waals surface area (Å²) in [6, 6.07) is 0. The topological polar surface area (TPSA) is 72.8 Å². The van der Waals surface area contributed by atoms with Gasteiger partial charge in [0.2, 0.25) is 0 Å². The molecule has 0 radical (unpaired) electrons. The predicted molar refractivity (Wildman–Crippen MR) is 210 cm³/mol. The van der Waals surface area contributed by atoms with Gasteiger partial charge in [-0.1, -0.05) is 199 Å². The van der Waals surface area contributed by atoms with Crippen molar-refractivity contribution in [2.45, 2.75) is 245 Å². The highest BCUT2D eigenvalue weighted by molar-refractivity contribution is 5.70. The van der Waals surface area contributed by atoms with Crippen LogP contribution in [0, 0.1) is 0 Å². The minimum Gasteiger partial charge on any atom is -0.462 e. The Balaban J connectivity index is 3.44. The lowest BCUT2D eigenvalue weighted by molar-refractivity contribution is -0.161. The van der Waals surface area contributed by atoms with E-state index in [2.05, 4.69) is 26.0 Å². The van der Waals surface area contributed by atoms with E-state index in [1.807, 2.05) is 0 Å². The number of carbonyl (C=O) groups excluding carboxylic acids is 2. The molecule has 0 aliphatic carbocycles. The number of esters is 2. The van der Waals surface area contributed by atoms with Crippen molar-refractivity contribution in [3.8, 4) is 0 Å². The van der Waals surface area contributed by atoms with Gasteiger partial charge in [-0.3, -0.25) is 9.59 Å². The Labute approximate surface area is 305 Å². The lowest BCUT2D eigenvalue weighted by atomic mass is 10.0. The number of hydrogen-bond acceptors (Lipinski definition) is 5. The summed E-state index contributed by atoms with van der Waals surface area (Å²) in [7, 11) is 0. The summed E-state index contributed by atoms with van der Waals surface area (Å²) in [5.74, 6) is -0.589. The number of unbranched alkanes of at least 4 members (excludes halogenated alkanes) is 30. The summed E-state index contributed by atoms with van der Waals surface area (Å²) in [5.41, 5.74) is 0. The summed E-state index contributed by atoms with van der Waals surface area (Å²) in [6.07, 6.45) is 47.2. The third-order valence-corrected chi connectivity index (χ3v) is 9.81. The highest BCUT2D eigenvalue weighted by atomic mass is 16.6. The molecule has 1 atom stereocenters. The van der Waals surface area contributed by atoms with Crippen LogP contribution < -0.4 is 0 Å². The second-order valence-electron chi connectivity index (χ2n) is 14.8. The molecule has 0 aliphatic heterocycles. The number of aliphatic hydroxyl groups excluding tert-OH is 1. The van der Waals surface area contributed by atoms with Gasteiger partial charge in [-0.2, -0.15) is 0 Å². The fourth-order valence-corrected chi connectivity index (χ4v) is 6.49. The van der Waals surface area contributed by atoms with Crippen LogP contribution >= 0.6 is 0 Å². The van der Waals surface area contributed by atoms with Crippen LogP contribution in [0.15, 0.2) is 12.2 Å². The van der Waals surface area contributed by atoms with Crippen molar-refractivity contribution in [3.05, 3.63) is 12.2 Å². The first-order valence-corrected chi connectivity index (χ1v) is 21.7. The predicted octanol–water partition coefficient (Wildman–Crippen LogP) is 13.7. The van der Waals surface area contributed by atoms with Crippen molar-refractivity contribution in [2.75, 3.05) is 13.2 Å². The maximum Gasteiger partial charge on any atom is 0.306 e. The molecule has 0 amide bonds. The van der Waals surface area contributed by atoms with E-state index in [1.165, 1.54) is 173 Å². The van der Waals surface area contributed by atoms with Gasteiger partial charge in [-0.25, -0.2) is 0 Å². The first-order chi connectivity index (χ1) is 24.1. The molecule has 0 aromatic carbocycles. The van der Waals surface area contributed by atoms with E-state index in [4.69, 9.17) is 9.47 Å². The fourth-order valence-electron chi connectivity index (χ4n) is 6.49. The van der Waals surface area contributed by atoms with Gasteiger partial charge in [0.05, 0.1) is 6.61 Å². The quantitative estimate of drug-likeness (QED) is 0.0393. The molecular weight excluding hydrogens is 608 g/mol. The van der Waals surface area contributed by atoms with Crippen molar-refractivity contribution < 1.29 is 24.2 Å². The molecule has 5 nitrogen and oxygen atoms in total. The second-order valence-corrected chi connectivity index (χ2v) is 14.8. The Morgan fingerprint density at radius 2 is 0.755 bits per heavy atom. The van der Waals surface area contributed by atoms with Crippen LogP contribution in [0.2, 0.25) is 0 Å². The van der Waals surface area contributed by atoms with Gasteiger partial charge in [0, 0.05) is 12.8 Å². The van der Waals surface area contributed by atoms with Gasteiger partial charge in [0.15, 0.2) is 6.10 Å². The summed E-state index contributed by atoms with van der Waals surface area (Å²) < 4.78 is 10.6. The molecule has 0 aromatic rings. The van der Waals surface area contributed by atoms with E-state index >= 15 is 0 Å². The normalized spacial score (nSPS) is 12.1. The maximum atomic E-state index is 12.1. The number of carbonyl (C=O) groups is 2. The van der Waals surface area contributed by atoms with Gasteiger partial charge < -0.3 is 14.6 Å².